The summed E-state index contributed by atoms with van der Waals surface area (Å²) in [5.74, 6) is 0. The molecule has 0 aliphatic heterocycles. The fourth-order valence-corrected chi connectivity index (χ4v) is 2.16. The van der Waals surface area contributed by atoms with Gasteiger partial charge in [0.1, 0.15) is 0 Å². The van der Waals surface area contributed by atoms with Crippen LogP contribution in [0.2, 0.25) is 0 Å². The van der Waals surface area contributed by atoms with Crippen molar-refractivity contribution in [2.45, 2.75) is 38.6 Å². The molecule has 0 heterocycles. The van der Waals surface area contributed by atoms with Crippen molar-refractivity contribution in [1.29, 1.82) is 0 Å². The minimum Gasteiger partial charge on any atom is -0.394 e. The van der Waals surface area contributed by atoms with Crippen LogP contribution in [0.5, 0.6) is 0 Å². The van der Waals surface area contributed by atoms with Crippen LogP contribution in [0.15, 0.2) is 30.3 Å². The molecule has 2 N–H and O–H groups in total. The van der Waals surface area contributed by atoms with Gasteiger partial charge in [-0.3, -0.25) is 0 Å². The van der Waals surface area contributed by atoms with E-state index in [1.54, 1.807) is 0 Å². The summed E-state index contributed by atoms with van der Waals surface area (Å²) in [6.07, 6.45) is 3.14. The lowest BCUT2D eigenvalue weighted by Gasteiger charge is -2.31. The van der Waals surface area contributed by atoms with Crippen molar-refractivity contribution in [2.75, 3.05) is 33.3 Å². The minimum atomic E-state index is -0.156. The Labute approximate surface area is 124 Å². The summed E-state index contributed by atoms with van der Waals surface area (Å²) in [5, 5.41) is 13.0. The Morgan fingerprint density at radius 1 is 1.20 bits per heavy atom. The molecule has 1 rings (SSSR count). The number of likely N-dealkylation sites (N-methyl/N-ethyl adjacent to an activating group) is 1. The lowest BCUT2D eigenvalue weighted by atomic mass is 9.98. The molecule has 0 radical (unpaired) electrons. The van der Waals surface area contributed by atoms with Crippen LogP contribution in [0.25, 0.3) is 0 Å². The third kappa shape index (κ3) is 6.51. The highest BCUT2D eigenvalue weighted by atomic mass is 16.3. The second-order valence-electron chi connectivity index (χ2n) is 5.93. The average Bonchev–Trinajstić information content (AvgIpc) is 2.50. The summed E-state index contributed by atoms with van der Waals surface area (Å²) >= 11 is 0. The van der Waals surface area contributed by atoms with Crippen LogP contribution >= 0.6 is 0 Å². The Bertz CT molecular complexity index is 355. The van der Waals surface area contributed by atoms with E-state index in [0.717, 1.165) is 38.9 Å². The number of benzene rings is 1. The van der Waals surface area contributed by atoms with E-state index in [4.69, 9.17) is 0 Å². The largest absolute Gasteiger partial charge is 0.394 e. The van der Waals surface area contributed by atoms with Crippen LogP contribution in [-0.2, 0) is 6.42 Å². The molecule has 114 valence electrons. The van der Waals surface area contributed by atoms with Crippen LogP contribution < -0.4 is 5.32 Å². The predicted octanol–water partition coefficient (Wildman–Crippen LogP) is 2.30. The molecule has 0 aliphatic carbocycles. The van der Waals surface area contributed by atoms with Gasteiger partial charge in [0.25, 0.3) is 0 Å². The van der Waals surface area contributed by atoms with Gasteiger partial charge in [0.15, 0.2) is 0 Å². The summed E-state index contributed by atoms with van der Waals surface area (Å²) in [6, 6.07) is 10.6. The summed E-state index contributed by atoms with van der Waals surface area (Å²) < 4.78 is 0. The van der Waals surface area contributed by atoms with Crippen LogP contribution in [0, 0.1) is 0 Å². The highest BCUT2D eigenvalue weighted by Gasteiger charge is 2.22. The van der Waals surface area contributed by atoms with Crippen molar-refractivity contribution in [1.82, 2.24) is 10.2 Å². The molecule has 0 spiro atoms. The Morgan fingerprint density at radius 2 is 1.90 bits per heavy atom. The molecule has 0 amide bonds. The van der Waals surface area contributed by atoms with Crippen molar-refractivity contribution in [3.63, 3.8) is 0 Å². The first-order valence-electron chi connectivity index (χ1n) is 7.68. The Kier molecular flexibility index (Phi) is 7.82. The zero-order valence-corrected chi connectivity index (χ0v) is 13.2. The van der Waals surface area contributed by atoms with Gasteiger partial charge in [-0.2, -0.15) is 0 Å². The molecule has 1 aromatic rings. The third-order valence-electron chi connectivity index (χ3n) is 3.82. The summed E-state index contributed by atoms with van der Waals surface area (Å²) in [5.41, 5.74) is 1.23. The Hall–Kier alpha value is -0.900. The topological polar surface area (TPSA) is 35.5 Å². The van der Waals surface area contributed by atoms with Gasteiger partial charge in [0.05, 0.1) is 6.61 Å². The Morgan fingerprint density at radius 3 is 2.50 bits per heavy atom. The maximum absolute atomic E-state index is 9.55. The van der Waals surface area contributed by atoms with Crippen molar-refractivity contribution in [3.8, 4) is 0 Å². The van der Waals surface area contributed by atoms with E-state index in [1.165, 1.54) is 5.56 Å². The van der Waals surface area contributed by atoms with E-state index in [2.05, 4.69) is 61.4 Å². The molecule has 0 aromatic heterocycles. The number of nitrogens with one attached hydrogen (secondary N) is 1. The molecule has 1 aromatic carbocycles. The van der Waals surface area contributed by atoms with Gasteiger partial charge in [0.2, 0.25) is 0 Å². The molecule has 3 nitrogen and oxygen atoms in total. The minimum absolute atomic E-state index is 0.156. The van der Waals surface area contributed by atoms with Gasteiger partial charge in [0, 0.05) is 12.1 Å². The number of aliphatic hydroxyl groups is 1. The zero-order chi connectivity index (χ0) is 14.8. The van der Waals surface area contributed by atoms with Gasteiger partial charge in [-0.15, -0.1) is 0 Å². The van der Waals surface area contributed by atoms with Gasteiger partial charge < -0.3 is 15.3 Å². The van der Waals surface area contributed by atoms with Crippen LogP contribution in [-0.4, -0.2) is 48.8 Å². The number of aliphatic hydroxyl groups excluding tert-OH is 1. The molecule has 20 heavy (non-hydrogen) atoms. The number of nitrogens with zero attached hydrogens (tertiary/aromatic N) is 1. The molecule has 0 bridgehead atoms. The number of rotatable bonds is 10. The van der Waals surface area contributed by atoms with E-state index in [9.17, 15) is 5.11 Å². The highest BCUT2D eigenvalue weighted by molar-refractivity contribution is 5.14. The first-order chi connectivity index (χ1) is 9.59. The van der Waals surface area contributed by atoms with Gasteiger partial charge in [-0.05, 0) is 51.9 Å². The van der Waals surface area contributed by atoms with E-state index in [0.29, 0.717) is 0 Å². The standard InChI is InChI=1S/C17H30N2O/c1-4-12-18-17(2,15-20)11-14-19(3)13-10-16-8-6-5-7-9-16/h5-9,18,20H,4,10-15H2,1-3H3. The van der Waals surface area contributed by atoms with E-state index in [1.807, 2.05) is 0 Å². The van der Waals surface area contributed by atoms with Crippen molar-refractivity contribution in [3.05, 3.63) is 35.9 Å². The highest BCUT2D eigenvalue weighted by Crippen LogP contribution is 2.10. The second kappa shape index (κ2) is 9.11. The first kappa shape index (κ1) is 17.2. The number of hydrogen-bond donors (Lipinski definition) is 2. The lowest BCUT2D eigenvalue weighted by Crippen LogP contribution is -2.48. The normalized spacial score (nSPS) is 14.4. The summed E-state index contributed by atoms with van der Waals surface area (Å²) in [4.78, 5) is 2.34. The van der Waals surface area contributed by atoms with Gasteiger partial charge in [-0.25, -0.2) is 0 Å². The van der Waals surface area contributed by atoms with E-state index < -0.39 is 0 Å². The van der Waals surface area contributed by atoms with Crippen LogP contribution in [0.3, 0.4) is 0 Å². The van der Waals surface area contributed by atoms with Crippen molar-refractivity contribution < 1.29 is 5.11 Å². The monoisotopic (exact) mass is 278 g/mol. The Balaban J connectivity index is 2.29. The maximum Gasteiger partial charge on any atom is 0.0611 e. The fraction of sp³-hybridized carbons (Fsp3) is 0.647. The van der Waals surface area contributed by atoms with Gasteiger partial charge >= 0.3 is 0 Å². The SMILES string of the molecule is CCCNC(C)(CO)CCN(C)CCc1ccccc1. The molecule has 3 heteroatoms. The molecular weight excluding hydrogens is 248 g/mol. The molecule has 0 fully saturated rings. The predicted molar refractivity (Wildman–Crippen MR) is 86.0 cm³/mol. The second-order valence-corrected chi connectivity index (χ2v) is 5.93. The maximum atomic E-state index is 9.55. The van der Waals surface area contributed by atoms with E-state index in [-0.39, 0.29) is 12.1 Å². The fourth-order valence-electron chi connectivity index (χ4n) is 2.16. The molecular formula is C17H30N2O. The smallest absolute Gasteiger partial charge is 0.0611 e. The lowest BCUT2D eigenvalue weighted by molar-refractivity contribution is 0.151. The molecule has 0 saturated carbocycles. The zero-order valence-electron chi connectivity index (χ0n) is 13.2. The van der Waals surface area contributed by atoms with Crippen LogP contribution in [0.1, 0.15) is 32.3 Å². The van der Waals surface area contributed by atoms with E-state index >= 15 is 0 Å². The summed E-state index contributed by atoms with van der Waals surface area (Å²) in [7, 11) is 2.15. The van der Waals surface area contributed by atoms with Crippen molar-refractivity contribution in [2.24, 2.45) is 0 Å². The average molecular weight is 278 g/mol. The number of hydrogen-bond acceptors (Lipinski definition) is 3. The molecule has 1 atom stereocenters. The van der Waals surface area contributed by atoms with Crippen LogP contribution in [0.4, 0.5) is 0 Å². The third-order valence-corrected chi connectivity index (χ3v) is 3.82. The van der Waals surface area contributed by atoms with Crippen molar-refractivity contribution >= 4 is 0 Å². The first-order valence-corrected chi connectivity index (χ1v) is 7.68. The molecule has 0 aliphatic rings. The molecule has 0 saturated heterocycles. The quantitative estimate of drug-likeness (QED) is 0.689. The van der Waals surface area contributed by atoms with Gasteiger partial charge in [-0.1, -0.05) is 37.3 Å². The molecule has 1 unspecified atom stereocenters. The summed E-state index contributed by atoms with van der Waals surface area (Å²) in [6.45, 7) is 7.47.